The van der Waals surface area contributed by atoms with Crippen molar-refractivity contribution in [1.82, 2.24) is 5.32 Å². The number of carbonyl (C=O) groups is 2. The molecule has 21 heavy (non-hydrogen) atoms. The van der Waals surface area contributed by atoms with Crippen molar-refractivity contribution in [3.05, 3.63) is 29.3 Å². The zero-order valence-corrected chi connectivity index (χ0v) is 12.3. The fraction of sp³-hybridized carbons (Fsp3) is 0.429. The molecular formula is C14H17ClN2O4. The molecule has 1 aliphatic rings. The highest BCUT2D eigenvalue weighted by atomic mass is 35.5. The standard InChI is InChI=1S/C14H17ClN2O4/c1-21-11-6-12(16-7-11)14(20)17(8-13(18)19)10-4-2-9(15)3-5-10/h2-5,11-12,16H,6-8H2,1H3,(H,18,19). The van der Waals surface area contributed by atoms with Gasteiger partial charge in [-0.2, -0.15) is 0 Å². The topological polar surface area (TPSA) is 78.9 Å². The normalized spacial score (nSPS) is 21.2. The average Bonchev–Trinajstić information content (AvgIpc) is 2.94. The van der Waals surface area contributed by atoms with Crippen LogP contribution in [0.25, 0.3) is 0 Å². The lowest BCUT2D eigenvalue weighted by molar-refractivity contribution is -0.136. The van der Waals surface area contributed by atoms with Crippen LogP contribution in [-0.2, 0) is 14.3 Å². The molecule has 2 atom stereocenters. The molecule has 0 spiro atoms. The van der Waals surface area contributed by atoms with Gasteiger partial charge in [-0.1, -0.05) is 11.6 Å². The summed E-state index contributed by atoms with van der Waals surface area (Å²) in [6, 6.07) is 6.07. The van der Waals surface area contributed by atoms with Crippen LogP contribution < -0.4 is 10.2 Å². The van der Waals surface area contributed by atoms with Gasteiger partial charge >= 0.3 is 5.97 Å². The SMILES string of the molecule is COC1CNC(C(=O)N(CC(=O)O)c2ccc(Cl)cc2)C1. The van der Waals surface area contributed by atoms with E-state index in [1.54, 1.807) is 31.4 Å². The van der Waals surface area contributed by atoms with Crippen molar-refractivity contribution in [1.29, 1.82) is 0 Å². The minimum Gasteiger partial charge on any atom is -0.480 e. The smallest absolute Gasteiger partial charge is 0.323 e. The van der Waals surface area contributed by atoms with Crippen LogP contribution in [0.5, 0.6) is 0 Å². The Bertz CT molecular complexity index is 520. The van der Waals surface area contributed by atoms with Gasteiger partial charge in [0.2, 0.25) is 5.91 Å². The predicted octanol–water partition coefficient (Wildman–Crippen LogP) is 1.13. The predicted molar refractivity (Wildman–Crippen MR) is 78.6 cm³/mol. The van der Waals surface area contributed by atoms with Crippen molar-refractivity contribution < 1.29 is 19.4 Å². The largest absolute Gasteiger partial charge is 0.480 e. The number of benzene rings is 1. The summed E-state index contributed by atoms with van der Waals surface area (Å²) in [4.78, 5) is 24.8. The summed E-state index contributed by atoms with van der Waals surface area (Å²) in [7, 11) is 1.59. The van der Waals surface area contributed by atoms with Gasteiger partial charge in [-0.15, -0.1) is 0 Å². The monoisotopic (exact) mass is 312 g/mol. The van der Waals surface area contributed by atoms with E-state index in [0.29, 0.717) is 23.7 Å². The Kier molecular flexibility index (Phi) is 5.17. The molecule has 1 aromatic rings. The summed E-state index contributed by atoms with van der Waals surface area (Å²) >= 11 is 5.82. The maximum absolute atomic E-state index is 12.5. The van der Waals surface area contributed by atoms with Gasteiger partial charge in [-0.3, -0.25) is 14.5 Å². The highest BCUT2D eigenvalue weighted by Gasteiger charge is 2.33. The summed E-state index contributed by atoms with van der Waals surface area (Å²) in [5, 5.41) is 12.6. The highest BCUT2D eigenvalue weighted by Crippen LogP contribution is 2.21. The zero-order chi connectivity index (χ0) is 15.4. The van der Waals surface area contributed by atoms with Crippen LogP contribution in [0.3, 0.4) is 0 Å². The van der Waals surface area contributed by atoms with E-state index in [-0.39, 0.29) is 12.0 Å². The Morgan fingerprint density at radius 2 is 2.10 bits per heavy atom. The Balaban J connectivity index is 2.17. The molecule has 7 heteroatoms. The Morgan fingerprint density at radius 3 is 2.62 bits per heavy atom. The molecule has 1 fully saturated rings. The van der Waals surface area contributed by atoms with Crippen LogP contribution in [-0.4, -0.2) is 49.3 Å². The van der Waals surface area contributed by atoms with Gasteiger partial charge in [0.25, 0.3) is 0 Å². The number of halogens is 1. The molecule has 1 saturated heterocycles. The Labute approximate surface area is 127 Å². The van der Waals surface area contributed by atoms with Gasteiger partial charge in [0, 0.05) is 24.4 Å². The molecule has 1 amide bonds. The second-order valence-corrected chi connectivity index (χ2v) is 5.29. The average molecular weight is 313 g/mol. The van der Waals surface area contributed by atoms with E-state index in [0.717, 1.165) is 0 Å². The molecule has 6 nitrogen and oxygen atoms in total. The number of ether oxygens (including phenoxy) is 1. The molecule has 114 valence electrons. The third-order valence-corrected chi connectivity index (χ3v) is 3.67. The molecule has 0 radical (unpaired) electrons. The van der Waals surface area contributed by atoms with E-state index >= 15 is 0 Å². The number of nitrogens with zero attached hydrogens (tertiary/aromatic N) is 1. The lowest BCUT2D eigenvalue weighted by atomic mass is 10.1. The quantitative estimate of drug-likeness (QED) is 0.852. The molecule has 2 unspecified atom stereocenters. The number of amides is 1. The number of hydrogen-bond donors (Lipinski definition) is 2. The summed E-state index contributed by atoms with van der Waals surface area (Å²) in [5.41, 5.74) is 0.509. The number of anilines is 1. The summed E-state index contributed by atoms with van der Waals surface area (Å²) in [6.45, 7) is 0.185. The van der Waals surface area contributed by atoms with Gasteiger partial charge < -0.3 is 15.2 Å². The summed E-state index contributed by atoms with van der Waals surface area (Å²) in [6.07, 6.45) is 0.495. The van der Waals surface area contributed by atoms with Crippen LogP contribution in [0, 0.1) is 0 Å². The molecule has 0 saturated carbocycles. The van der Waals surface area contributed by atoms with Crippen LogP contribution in [0.2, 0.25) is 5.02 Å². The lowest BCUT2D eigenvalue weighted by Crippen LogP contribution is -2.46. The van der Waals surface area contributed by atoms with Gasteiger partial charge in [-0.25, -0.2) is 0 Å². The fourth-order valence-electron chi connectivity index (χ4n) is 2.31. The van der Waals surface area contributed by atoms with Crippen LogP contribution in [0.1, 0.15) is 6.42 Å². The van der Waals surface area contributed by atoms with Crippen molar-refractivity contribution in [2.45, 2.75) is 18.6 Å². The molecule has 2 N–H and O–H groups in total. The summed E-state index contributed by atoms with van der Waals surface area (Å²) in [5.74, 6) is -1.35. The van der Waals surface area contributed by atoms with Gasteiger partial charge in [0.15, 0.2) is 0 Å². The first-order chi connectivity index (χ1) is 10.0. The van der Waals surface area contributed by atoms with E-state index in [1.165, 1.54) is 4.90 Å². The zero-order valence-electron chi connectivity index (χ0n) is 11.6. The number of nitrogens with one attached hydrogen (secondary N) is 1. The van der Waals surface area contributed by atoms with E-state index in [1.807, 2.05) is 0 Å². The number of hydrogen-bond acceptors (Lipinski definition) is 4. The molecule has 1 heterocycles. The number of carbonyl (C=O) groups excluding carboxylic acids is 1. The first-order valence-corrected chi connectivity index (χ1v) is 6.94. The number of carboxylic acid groups (broad SMARTS) is 1. The molecule has 0 aromatic heterocycles. The summed E-state index contributed by atoms with van der Waals surface area (Å²) < 4.78 is 5.21. The van der Waals surface area contributed by atoms with Gasteiger partial charge in [0.1, 0.15) is 6.54 Å². The van der Waals surface area contributed by atoms with Crippen LogP contribution >= 0.6 is 11.6 Å². The van der Waals surface area contributed by atoms with E-state index in [2.05, 4.69) is 5.32 Å². The van der Waals surface area contributed by atoms with Crippen molar-refractivity contribution in [3.8, 4) is 0 Å². The maximum Gasteiger partial charge on any atom is 0.323 e. The first-order valence-electron chi connectivity index (χ1n) is 6.56. The molecule has 0 aliphatic carbocycles. The maximum atomic E-state index is 12.5. The number of methoxy groups -OCH3 is 1. The molecular weight excluding hydrogens is 296 g/mol. The van der Waals surface area contributed by atoms with Crippen molar-refractivity contribution >= 4 is 29.2 Å². The molecule has 1 aliphatic heterocycles. The minimum absolute atomic E-state index is 0.0316. The number of carboxylic acids is 1. The van der Waals surface area contributed by atoms with Crippen molar-refractivity contribution in [2.24, 2.45) is 0 Å². The fourth-order valence-corrected chi connectivity index (χ4v) is 2.44. The first kappa shape index (κ1) is 15.8. The molecule has 1 aromatic carbocycles. The Morgan fingerprint density at radius 1 is 1.43 bits per heavy atom. The molecule has 2 rings (SSSR count). The van der Waals surface area contributed by atoms with Crippen molar-refractivity contribution in [2.75, 3.05) is 25.1 Å². The second kappa shape index (κ2) is 6.89. The highest BCUT2D eigenvalue weighted by molar-refractivity contribution is 6.30. The third-order valence-electron chi connectivity index (χ3n) is 3.42. The van der Waals surface area contributed by atoms with Gasteiger partial charge in [-0.05, 0) is 30.7 Å². The van der Waals surface area contributed by atoms with Crippen molar-refractivity contribution in [3.63, 3.8) is 0 Å². The van der Waals surface area contributed by atoms with Gasteiger partial charge in [0.05, 0.1) is 12.1 Å². The lowest BCUT2D eigenvalue weighted by Gasteiger charge is -2.24. The third kappa shape index (κ3) is 3.93. The second-order valence-electron chi connectivity index (χ2n) is 4.85. The van der Waals surface area contributed by atoms with Crippen LogP contribution in [0.4, 0.5) is 5.69 Å². The Hall–Kier alpha value is -1.63. The van der Waals surface area contributed by atoms with E-state index in [9.17, 15) is 9.59 Å². The minimum atomic E-state index is -1.07. The van der Waals surface area contributed by atoms with E-state index < -0.39 is 18.6 Å². The number of rotatable bonds is 5. The number of aliphatic carboxylic acids is 1. The van der Waals surface area contributed by atoms with Crippen LogP contribution in [0.15, 0.2) is 24.3 Å². The molecule has 0 bridgehead atoms. The van der Waals surface area contributed by atoms with E-state index in [4.69, 9.17) is 21.4 Å².